The number of H-pyrrole nitrogens is 1. The van der Waals surface area contributed by atoms with Gasteiger partial charge >= 0.3 is 0 Å². The van der Waals surface area contributed by atoms with E-state index < -0.39 is 0 Å². The molecule has 0 aliphatic carbocycles. The molecule has 2 N–H and O–H groups in total. The molecule has 2 aromatic heterocycles. The standard InChI is InChI=1S/C12H14N4O2/c17-11-3-6-13-9-10(11)12(18)14-4-1-7-16-8-2-5-15-16/h2-3,5-6,8-9H,1,4,7H2,(H,13,17)(H,14,18). The monoisotopic (exact) mass is 246 g/mol. The predicted molar refractivity (Wildman–Crippen MR) is 66.2 cm³/mol. The molecule has 0 saturated carbocycles. The molecular weight excluding hydrogens is 232 g/mol. The van der Waals surface area contributed by atoms with E-state index >= 15 is 0 Å². The number of nitrogens with one attached hydrogen (secondary N) is 2. The van der Waals surface area contributed by atoms with Gasteiger partial charge in [0.25, 0.3) is 5.91 Å². The third-order valence-corrected chi connectivity index (χ3v) is 2.48. The van der Waals surface area contributed by atoms with Gasteiger partial charge in [0.1, 0.15) is 5.56 Å². The van der Waals surface area contributed by atoms with Crippen LogP contribution >= 0.6 is 0 Å². The van der Waals surface area contributed by atoms with Crippen molar-refractivity contribution in [2.45, 2.75) is 13.0 Å². The normalized spacial score (nSPS) is 10.2. The highest BCUT2D eigenvalue weighted by Crippen LogP contribution is 1.90. The van der Waals surface area contributed by atoms with Gasteiger partial charge in [0.05, 0.1) is 0 Å². The zero-order chi connectivity index (χ0) is 12.8. The van der Waals surface area contributed by atoms with E-state index in [-0.39, 0.29) is 16.9 Å². The quantitative estimate of drug-likeness (QED) is 0.749. The third-order valence-electron chi connectivity index (χ3n) is 2.48. The SMILES string of the molecule is O=C(NCCCn1cccn1)c1c[nH]ccc1=O. The molecule has 2 aromatic rings. The van der Waals surface area contributed by atoms with Crippen molar-refractivity contribution in [3.8, 4) is 0 Å². The third kappa shape index (κ3) is 3.07. The molecule has 1 amide bonds. The number of aryl methyl sites for hydroxylation is 1. The minimum absolute atomic E-state index is 0.136. The highest BCUT2D eigenvalue weighted by molar-refractivity contribution is 5.93. The van der Waals surface area contributed by atoms with Crippen molar-refractivity contribution in [3.05, 3.63) is 52.7 Å². The molecule has 94 valence electrons. The molecule has 0 aliphatic heterocycles. The summed E-state index contributed by atoms with van der Waals surface area (Å²) in [6.45, 7) is 1.24. The first kappa shape index (κ1) is 12.1. The van der Waals surface area contributed by atoms with E-state index in [4.69, 9.17) is 0 Å². The molecule has 0 aromatic carbocycles. The summed E-state index contributed by atoms with van der Waals surface area (Å²) < 4.78 is 1.79. The number of amides is 1. The van der Waals surface area contributed by atoms with Gasteiger partial charge in [-0.15, -0.1) is 0 Å². The maximum atomic E-state index is 11.7. The molecular formula is C12H14N4O2. The zero-order valence-corrected chi connectivity index (χ0v) is 9.80. The van der Waals surface area contributed by atoms with Gasteiger partial charge in [-0.1, -0.05) is 0 Å². The summed E-state index contributed by atoms with van der Waals surface area (Å²) >= 11 is 0. The number of hydrogen-bond acceptors (Lipinski definition) is 3. The van der Waals surface area contributed by atoms with Crippen LogP contribution < -0.4 is 10.7 Å². The summed E-state index contributed by atoms with van der Waals surface area (Å²) in [5.74, 6) is -0.350. The van der Waals surface area contributed by atoms with Crippen LogP contribution in [0.25, 0.3) is 0 Å². The first-order valence-electron chi connectivity index (χ1n) is 5.70. The first-order valence-corrected chi connectivity index (χ1v) is 5.70. The lowest BCUT2D eigenvalue weighted by Crippen LogP contribution is -2.29. The van der Waals surface area contributed by atoms with Gasteiger partial charge in [0.15, 0.2) is 5.43 Å². The van der Waals surface area contributed by atoms with Crippen LogP contribution in [0.15, 0.2) is 41.7 Å². The molecule has 0 saturated heterocycles. The Morgan fingerprint density at radius 1 is 1.50 bits per heavy atom. The number of aromatic amines is 1. The molecule has 0 radical (unpaired) electrons. The number of carbonyl (C=O) groups is 1. The molecule has 0 fully saturated rings. The second-order valence-electron chi connectivity index (χ2n) is 3.80. The number of hydrogen-bond donors (Lipinski definition) is 2. The van der Waals surface area contributed by atoms with Crippen molar-refractivity contribution in [1.29, 1.82) is 0 Å². The van der Waals surface area contributed by atoms with Crippen LogP contribution in [0, 0.1) is 0 Å². The predicted octanol–water partition coefficient (Wildman–Crippen LogP) is 0.391. The average Bonchev–Trinajstić information content (AvgIpc) is 2.88. The maximum Gasteiger partial charge on any atom is 0.256 e. The van der Waals surface area contributed by atoms with Crippen molar-refractivity contribution < 1.29 is 4.79 Å². The van der Waals surface area contributed by atoms with Crippen LogP contribution in [0.5, 0.6) is 0 Å². The fourth-order valence-corrected chi connectivity index (χ4v) is 1.56. The molecule has 18 heavy (non-hydrogen) atoms. The topological polar surface area (TPSA) is 79.8 Å². The van der Waals surface area contributed by atoms with Gasteiger partial charge in [0.2, 0.25) is 0 Å². The van der Waals surface area contributed by atoms with Gasteiger partial charge < -0.3 is 10.3 Å². The fourth-order valence-electron chi connectivity index (χ4n) is 1.56. The highest BCUT2D eigenvalue weighted by atomic mass is 16.2. The van der Waals surface area contributed by atoms with Crippen LogP contribution in [0.4, 0.5) is 0 Å². The zero-order valence-electron chi connectivity index (χ0n) is 9.80. The van der Waals surface area contributed by atoms with E-state index in [0.29, 0.717) is 6.54 Å². The first-order chi connectivity index (χ1) is 8.77. The summed E-state index contributed by atoms with van der Waals surface area (Å²) in [5.41, 5.74) is -0.144. The van der Waals surface area contributed by atoms with Crippen LogP contribution in [0.3, 0.4) is 0 Å². The van der Waals surface area contributed by atoms with Gasteiger partial charge in [-0.05, 0) is 12.5 Å². The minimum atomic E-state index is -0.350. The molecule has 0 bridgehead atoms. The second kappa shape index (κ2) is 5.81. The Kier molecular flexibility index (Phi) is 3.90. The molecule has 0 aliphatic rings. The summed E-state index contributed by atoms with van der Waals surface area (Å²) in [4.78, 5) is 25.8. The van der Waals surface area contributed by atoms with E-state index in [0.717, 1.165) is 13.0 Å². The van der Waals surface area contributed by atoms with Crippen molar-refractivity contribution in [2.75, 3.05) is 6.54 Å². The van der Waals surface area contributed by atoms with Crippen LogP contribution in [0.2, 0.25) is 0 Å². The summed E-state index contributed by atoms with van der Waals surface area (Å²) in [5, 5.41) is 6.76. The molecule has 0 atom stereocenters. The van der Waals surface area contributed by atoms with Gasteiger partial charge in [-0.3, -0.25) is 14.3 Å². The van der Waals surface area contributed by atoms with Gasteiger partial charge in [-0.2, -0.15) is 5.10 Å². The average molecular weight is 246 g/mol. The van der Waals surface area contributed by atoms with E-state index in [1.807, 2.05) is 12.3 Å². The summed E-state index contributed by atoms with van der Waals surface area (Å²) in [7, 11) is 0. The van der Waals surface area contributed by atoms with Gasteiger partial charge in [0, 0.05) is 43.9 Å². The lowest BCUT2D eigenvalue weighted by atomic mass is 10.2. The Balaban J connectivity index is 1.79. The minimum Gasteiger partial charge on any atom is -0.367 e. The van der Waals surface area contributed by atoms with Crippen LogP contribution in [0.1, 0.15) is 16.8 Å². The van der Waals surface area contributed by atoms with E-state index in [9.17, 15) is 9.59 Å². The lowest BCUT2D eigenvalue weighted by molar-refractivity contribution is 0.0951. The maximum absolute atomic E-state index is 11.7. The fraction of sp³-hybridized carbons (Fsp3) is 0.250. The molecule has 0 unspecified atom stereocenters. The number of pyridine rings is 1. The van der Waals surface area contributed by atoms with Crippen molar-refractivity contribution >= 4 is 5.91 Å². The van der Waals surface area contributed by atoms with E-state index in [1.54, 1.807) is 10.9 Å². The number of aromatic nitrogens is 3. The number of nitrogens with zero attached hydrogens (tertiary/aromatic N) is 2. The van der Waals surface area contributed by atoms with Crippen molar-refractivity contribution in [1.82, 2.24) is 20.1 Å². The van der Waals surface area contributed by atoms with E-state index in [2.05, 4.69) is 15.4 Å². The Labute approximate surface area is 104 Å². The molecule has 0 spiro atoms. The van der Waals surface area contributed by atoms with E-state index in [1.165, 1.54) is 18.5 Å². The van der Waals surface area contributed by atoms with Crippen molar-refractivity contribution in [3.63, 3.8) is 0 Å². The largest absolute Gasteiger partial charge is 0.367 e. The Morgan fingerprint density at radius 3 is 3.11 bits per heavy atom. The van der Waals surface area contributed by atoms with Gasteiger partial charge in [-0.25, -0.2) is 0 Å². The molecule has 6 nitrogen and oxygen atoms in total. The Hall–Kier alpha value is -2.37. The van der Waals surface area contributed by atoms with Crippen LogP contribution in [-0.4, -0.2) is 27.2 Å². The van der Waals surface area contributed by atoms with Crippen molar-refractivity contribution in [2.24, 2.45) is 0 Å². The smallest absolute Gasteiger partial charge is 0.256 e. The molecule has 2 heterocycles. The highest BCUT2D eigenvalue weighted by Gasteiger charge is 2.07. The lowest BCUT2D eigenvalue weighted by Gasteiger charge is -2.04. The van der Waals surface area contributed by atoms with Crippen LogP contribution in [-0.2, 0) is 6.54 Å². The molecule has 2 rings (SSSR count). The second-order valence-corrected chi connectivity index (χ2v) is 3.80. The Morgan fingerprint density at radius 2 is 2.39 bits per heavy atom. The summed E-state index contributed by atoms with van der Waals surface area (Å²) in [6.07, 6.45) is 7.24. The molecule has 6 heteroatoms. The summed E-state index contributed by atoms with van der Waals surface area (Å²) in [6, 6.07) is 3.18. The number of carbonyl (C=O) groups excluding carboxylic acids is 1. The Bertz CT molecular complexity index is 559. The number of rotatable bonds is 5.